The number of aryl methyl sites for hydroxylation is 2. The molecule has 1 N–H and O–H groups in total. The molecule has 2 saturated heterocycles. The molecule has 0 aliphatic carbocycles. The fourth-order valence-corrected chi connectivity index (χ4v) is 3.59. The Morgan fingerprint density at radius 1 is 1.10 bits per heavy atom. The van der Waals surface area contributed by atoms with Gasteiger partial charge in [0.25, 0.3) is 0 Å². The van der Waals surface area contributed by atoms with Gasteiger partial charge in [-0.15, -0.1) is 0 Å². The number of benzene rings is 1. The lowest BCUT2D eigenvalue weighted by Crippen LogP contribution is -2.56. The molecule has 1 atom stereocenters. The largest absolute Gasteiger partial charge is 0.322 e. The second kappa shape index (κ2) is 6.06. The zero-order chi connectivity index (χ0) is 14.8. The number of rotatable bonds is 1. The third-order valence-corrected chi connectivity index (χ3v) is 4.60. The van der Waals surface area contributed by atoms with E-state index in [0.29, 0.717) is 6.04 Å². The first kappa shape index (κ1) is 14.4. The number of hydrogen-bond acceptors (Lipinski definition) is 2. The Morgan fingerprint density at radius 2 is 1.86 bits per heavy atom. The predicted octanol–water partition coefficient (Wildman–Crippen LogP) is 3.01. The Balaban J connectivity index is 1.62. The summed E-state index contributed by atoms with van der Waals surface area (Å²) in [4.78, 5) is 17.0. The average Bonchev–Trinajstić information content (AvgIpc) is 2.45. The molecule has 0 saturated carbocycles. The Hall–Kier alpha value is -1.55. The molecule has 2 aliphatic heterocycles. The van der Waals surface area contributed by atoms with E-state index in [2.05, 4.69) is 30.1 Å². The number of urea groups is 1. The number of hydrogen-bond donors (Lipinski definition) is 1. The maximum Gasteiger partial charge on any atom is 0.321 e. The van der Waals surface area contributed by atoms with Crippen molar-refractivity contribution in [3.63, 3.8) is 0 Å². The molecule has 1 aromatic rings. The van der Waals surface area contributed by atoms with Gasteiger partial charge in [0.1, 0.15) is 0 Å². The van der Waals surface area contributed by atoms with E-state index in [-0.39, 0.29) is 6.03 Å². The SMILES string of the molecule is Cc1cc(C)cc(NC(=O)N2CCN3CCCCC3C2)c1. The van der Waals surface area contributed by atoms with Crippen LogP contribution in [0, 0.1) is 13.8 Å². The molecule has 0 radical (unpaired) electrons. The Morgan fingerprint density at radius 3 is 2.62 bits per heavy atom. The molecule has 4 heteroatoms. The molecule has 0 spiro atoms. The van der Waals surface area contributed by atoms with Crippen LogP contribution < -0.4 is 5.32 Å². The van der Waals surface area contributed by atoms with Crippen LogP contribution in [0.1, 0.15) is 30.4 Å². The number of nitrogens with one attached hydrogen (secondary N) is 1. The predicted molar refractivity (Wildman–Crippen MR) is 85.7 cm³/mol. The monoisotopic (exact) mass is 287 g/mol. The van der Waals surface area contributed by atoms with E-state index in [0.717, 1.165) is 25.3 Å². The van der Waals surface area contributed by atoms with Crippen LogP contribution in [-0.2, 0) is 0 Å². The minimum Gasteiger partial charge on any atom is -0.322 e. The van der Waals surface area contributed by atoms with Crippen molar-refractivity contribution in [3.05, 3.63) is 29.3 Å². The van der Waals surface area contributed by atoms with Crippen LogP contribution >= 0.6 is 0 Å². The van der Waals surface area contributed by atoms with Crippen LogP contribution in [0.3, 0.4) is 0 Å². The van der Waals surface area contributed by atoms with Gasteiger partial charge in [-0.3, -0.25) is 4.90 Å². The van der Waals surface area contributed by atoms with Gasteiger partial charge in [0.05, 0.1) is 0 Å². The lowest BCUT2D eigenvalue weighted by atomic mass is 10.00. The molecule has 4 nitrogen and oxygen atoms in total. The lowest BCUT2D eigenvalue weighted by molar-refractivity contribution is 0.0678. The van der Waals surface area contributed by atoms with Crippen molar-refractivity contribution in [1.29, 1.82) is 0 Å². The van der Waals surface area contributed by atoms with Gasteiger partial charge in [-0.1, -0.05) is 12.5 Å². The standard InChI is InChI=1S/C17H25N3O/c1-13-9-14(2)11-15(10-13)18-17(21)20-8-7-19-6-4-3-5-16(19)12-20/h9-11,16H,3-8,12H2,1-2H3,(H,18,21). The fourth-order valence-electron chi connectivity index (χ4n) is 3.59. The van der Waals surface area contributed by atoms with E-state index >= 15 is 0 Å². The molecule has 2 fully saturated rings. The second-order valence-electron chi connectivity index (χ2n) is 6.44. The number of fused-ring (bicyclic) bond motifs is 1. The van der Waals surface area contributed by atoms with E-state index in [1.165, 1.54) is 36.9 Å². The van der Waals surface area contributed by atoms with Crippen molar-refractivity contribution in [2.24, 2.45) is 0 Å². The Bertz CT molecular complexity index is 509. The van der Waals surface area contributed by atoms with Crippen molar-refractivity contribution < 1.29 is 4.79 Å². The molecule has 21 heavy (non-hydrogen) atoms. The van der Waals surface area contributed by atoms with E-state index in [9.17, 15) is 4.79 Å². The molecule has 3 rings (SSSR count). The van der Waals surface area contributed by atoms with E-state index in [4.69, 9.17) is 0 Å². The molecule has 0 aromatic heterocycles. The smallest absolute Gasteiger partial charge is 0.321 e. The molecule has 114 valence electrons. The lowest BCUT2D eigenvalue weighted by Gasteiger charge is -2.43. The highest BCUT2D eigenvalue weighted by Crippen LogP contribution is 2.22. The van der Waals surface area contributed by atoms with Gasteiger partial charge in [-0.05, 0) is 56.5 Å². The zero-order valence-corrected chi connectivity index (χ0v) is 13.1. The number of amides is 2. The summed E-state index contributed by atoms with van der Waals surface area (Å²) in [7, 11) is 0. The normalized spacial score (nSPS) is 22.8. The molecular formula is C17H25N3O. The van der Waals surface area contributed by atoms with Gasteiger partial charge in [0.15, 0.2) is 0 Å². The minimum absolute atomic E-state index is 0.0465. The molecule has 2 heterocycles. The highest BCUT2D eigenvalue weighted by Gasteiger charge is 2.30. The first-order valence-corrected chi connectivity index (χ1v) is 8.00. The molecule has 2 aliphatic rings. The summed E-state index contributed by atoms with van der Waals surface area (Å²) in [5.74, 6) is 0. The van der Waals surface area contributed by atoms with Crippen molar-refractivity contribution in [3.8, 4) is 0 Å². The number of piperazine rings is 1. The number of piperidine rings is 1. The van der Waals surface area contributed by atoms with Gasteiger partial charge in [-0.25, -0.2) is 4.79 Å². The summed E-state index contributed by atoms with van der Waals surface area (Å²) in [5, 5.41) is 3.06. The summed E-state index contributed by atoms with van der Waals surface area (Å²) in [6.07, 6.45) is 3.84. The van der Waals surface area contributed by atoms with Gasteiger partial charge in [-0.2, -0.15) is 0 Å². The van der Waals surface area contributed by atoms with Crippen LogP contribution in [0.25, 0.3) is 0 Å². The highest BCUT2D eigenvalue weighted by molar-refractivity contribution is 5.89. The van der Waals surface area contributed by atoms with Crippen molar-refractivity contribution in [2.75, 3.05) is 31.5 Å². The van der Waals surface area contributed by atoms with Crippen LogP contribution in [-0.4, -0.2) is 48.1 Å². The topological polar surface area (TPSA) is 35.6 Å². The fraction of sp³-hybridized carbons (Fsp3) is 0.588. The zero-order valence-electron chi connectivity index (χ0n) is 13.1. The summed E-state index contributed by atoms with van der Waals surface area (Å²) in [5.41, 5.74) is 3.27. The molecule has 1 unspecified atom stereocenters. The Kier molecular flexibility index (Phi) is 4.15. The molecule has 2 amide bonds. The highest BCUT2D eigenvalue weighted by atomic mass is 16.2. The molecule has 1 aromatic carbocycles. The van der Waals surface area contributed by atoms with Crippen LogP contribution in [0.5, 0.6) is 0 Å². The van der Waals surface area contributed by atoms with Crippen molar-refractivity contribution >= 4 is 11.7 Å². The maximum atomic E-state index is 12.5. The second-order valence-corrected chi connectivity index (χ2v) is 6.44. The van der Waals surface area contributed by atoms with Gasteiger partial charge >= 0.3 is 6.03 Å². The summed E-state index contributed by atoms with van der Waals surface area (Å²) < 4.78 is 0. The van der Waals surface area contributed by atoms with E-state index < -0.39 is 0 Å². The van der Waals surface area contributed by atoms with Crippen LogP contribution in [0.4, 0.5) is 10.5 Å². The van der Waals surface area contributed by atoms with Crippen molar-refractivity contribution in [1.82, 2.24) is 9.80 Å². The van der Waals surface area contributed by atoms with E-state index in [1.54, 1.807) is 0 Å². The first-order chi connectivity index (χ1) is 10.1. The van der Waals surface area contributed by atoms with Gasteiger partial charge in [0, 0.05) is 31.4 Å². The molecular weight excluding hydrogens is 262 g/mol. The van der Waals surface area contributed by atoms with E-state index in [1.807, 2.05) is 17.0 Å². The summed E-state index contributed by atoms with van der Waals surface area (Å²) in [6.45, 7) is 8.05. The van der Waals surface area contributed by atoms with Crippen molar-refractivity contribution in [2.45, 2.75) is 39.2 Å². The van der Waals surface area contributed by atoms with Gasteiger partial charge in [0.2, 0.25) is 0 Å². The summed E-state index contributed by atoms with van der Waals surface area (Å²) in [6, 6.07) is 6.79. The number of nitrogens with zero attached hydrogens (tertiary/aromatic N) is 2. The first-order valence-electron chi connectivity index (χ1n) is 8.00. The van der Waals surface area contributed by atoms with Gasteiger partial charge < -0.3 is 10.2 Å². The number of carbonyl (C=O) groups is 1. The quantitative estimate of drug-likeness (QED) is 0.862. The Labute approximate surface area is 127 Å². The minimum atomic E-state index is 0.0465. The van der Waals surface area contributed by atoms with Crippen LogP contribution in [0.15, 0.2) is 18.2 Å². The number of carbonyl (C=O) groups excluding carboxylic acids is 1. The van der Waals surface area contributed by atoms with Crippen LogP contribution in [0.2, 0.25) is 0 Å². The third-order valence-electron chi connectivity index (χ3n) is 4.60. The molecule has 0 bridgehead atoms. The summed E-state index contributed by atoms with van der Waals surface area (Å²) >= 11 is 0. The maximum absolute atomic E-state index is 12.5. The third kappa shape index (κ3) is 3.38. The number of anilines is 1. The average molecular weight is 287 g/mol.